The molecule has 0 bridgehead atoms. The molecule has 106 valence electrons. The number of nitrogens with two attached hydrogens (primary N) is 1. The monoisotopic (exact) mass is 273 g/mol. The summed E-state index contributed by atoms with van der Waals surface area (Å²) >= 11 is 0. The summed E-state index contributed by atoms with van der Waals surface area (Å²) in [6.45, 7) is 3.86. The number of nitrogens with zero attached hydrogens (tertiary/aromatic N) is 1. The number of hydrogen-bond acceptors (Lipinski definition) is 3. The van der Waals surface area contributed by atoms with E-state index in [9.17, 15) is 9.59 Å². The van der Waals surface area contributed by atoms with Crippen LogP contribution in [0, 0.1) is 17.2 Å². The van der Waals surface area contributed by atoms with Gasteiger partial charge < -0.3 is 11.1 Å². The van der Waals surface area contributed by atoms with E-state index in [4.69, 9.17) is 11.0 Å². The van der Waals surface area contributed by atoms with Crippen molar-refractivity contribution in [2.24, 2.45) is 11.7 Å². The Labute approximate surface area is 118 Å². The van der Waals surface area contributed by atoms with Crippen molar-refractivity contribution in [2.75, 3.05) is 0 Å². The third kappa shape index (κ3) is 5.11. The third-order valence-electron chi connectivity index (χ3n) is 2.80. The highest BCUT2D eigenvalue weighted by molar-refractivity contribution is 5.86. The van der Waals surface area contributed by atoms with Crippen LogP contribution in [0.2, 0.25) is 0 Å². The summed E-state index contributed by atoms with van der Waals surface area (Å²) in [7, 11) is 0. The number of hydrogen-bond donors (Lipinski definition) is 2. The molecule has 0 fully saturated rings. The highest BCUT2D eigenvalue weighted by atomic mass is 16.2. The minimum absolute atomic E-state index is 0.183. The zero-order valence-corrected chi connectivity index (χ0v) is 11.7. The van der Waals surface area contributed by atoms with E-state index >= 15 is 0 Å². The predicted octanol–water partition coefficient (Wildman–Crippen LogP) is 1.12. The molecule has 1 atom stereocenters. The van der Waals surface area contributed by atoms with E-state index in [-0.39, 0.29) is 11.8 Å². The van der Waals surface area contributed by atoms with Crippen molar-refractivity contribution in [3.63, 3.8) is 0 Å². The molecule has 1 rings (SSSR count). The van der Waals surface area contributed by atoms with Gasteiger partial charge in [0, 0.05) is 12.8 Å². The first-order valence-corrected chi connectivity index (χ1v) is 6.50. The molecule has 0 aliphatic heterocycles. The van der Waals surface area contributed by atoms with E-state index < -0.39 is 11.9 Å². The van der Waals surface area contributed by atoms with E-state index in [0.29, 0.717) is 18.4 Å². The average Bonchev–Trinajstić information content (AvgIpc) is 2.37. The molecular formula is C15H19N3O2. The fraction of sp³-hybridized carbons (Fsp3) is 0.400. The first-order chi connectivity index (χ1) is 9.42. The lowest BCUT2D eigenvalue weighted by atomic mass is 10.0. The molecule has 5 nitrogen and oxygen atoms in total. The summed E-state index contributed by atoms with van der Waals surface area (Å²) in [5.41, 5.74) is 6.71. The van der Waals surface area contributed by atoms with Crippen LogP contribution in [0.5, 0.6) is 0 Å². The van der Waals surface area contributed by atoms with Crippen LogP contribution in [0.15, 0.2) is 24.3 Å². The molecular weight excluding hydrogens is 254 g/mol. The molecule has 0 radical (unpaired) electrons. The van der Waals surface area contributed by atoms with Crippen LogP contribution >= 0.6 is 0 Å². The predicted molar refractivity (Wildman–Crippen MR) is 75.4 cm³/mol. The van der Waals surface area contributed by atoms with Gasteiger partial charge in [0.1, 0.15) is 6.04 Å². The molecule has 0 spiro atoms. The van der Waals surface area contributed by atoms with Gasteiger partial charge >= 0.3 is 0 Å². The zero-order chi connectivity index (χ0) is 15.1. The SMILES string of the molecule is CC(C)CC(=O)N[C@@H](Cc1ccc(C#N)cc1)C(N)=O. The fourth-order valence-electron chi connectivity index (χ4n) is 1.80. The molecule has 1 aromatic carbocycles. The molecule has 20 heavy (non-hydrogen) atoms. The van der Waals surface area contributed by atoms with E-state index in [1.165, 1.54) is 0 Å². The molecule has 0 aliphatic rings. The van der Waals surface area contributed by atoms with Gasteiger partial charge in [-0.2, -0.15) is 5.26 Å². The van der Waals surface area contributed by atoms with Gasteiger partial charge in [0.15, 0.2) is 0 Å². The number of carbonyl (C=O) groups excluding carboxylic acids is 2. The van der Waals surface area contributed by atoms with E-state index in [0.717, 1.165) is 5.56 Å². The van der Waals surface area contributed by atoms with Crippen LogP contribution in [0.3, 0.4) is 0 Å². The van der Waals surface area contributed by atoms with Crippen LogP contribution in [-0.2, 0) is 16.0 Å². The maximum atomic E-state index is 11.7. The number of nitriles is 1. The molecule has 3 N–H and O–H groups in total. The number of carbonyl (C=O) groups is 2. The van der Waals surface area contributed by atoms with Crippen LogP contribution in [0.4, 0.5) is 0 Å². The molecule has 0 heterocycles. The number of nitrogens with one attached hydrogen (secondary N) is 1. The molecule has 1 aromatic rings. The zero-order valence-electron chi connectivity index (χ0n) is 11.7. The van der Waals surface area contributed by atoms with E-state index in [1.54, 1.807) is 24.3 Å². The van der Waals surface area contributed by atoms with Gasteiger partial charge in [-0.25, -0.2) is 0 Å². The third-order valence-corrected chi connectivity index (χ3v) is 2.80. The molecule has 0 aliphatic carbocycles. The normalized spacial score (nSPS) is 11.7. The van der Waals surface area contributed by atoms with Crippen molar-refractivity contribution in [1.29, 1.82) is 5.26 Å². The molecule has 0 saturated heterocycles. The van der Waals surface area contributed by atoms with Crippen molar-refractivity contribution < 1.29 is 9.59 Å². The highest BCUT2D eigenvalue weighted by Crippen LogP contribution is 2.07. The first kappa shape index (κ1) is 15.7. The summed E-state index contributed by atoms with van der Waals surface area (Å²) in [6, 6.07) is 8.14. The quantitative estimate of drug-likeness (QED) is 0.812. The Hall–Kier alpha value is -2.35. The highest BCUT2D eigenvalue weighted by Gasteiger charge is 2.19. The van der Waals surface area contributed by atoms with Crippen molar-refractivity contribution in [3.05, 3.63) is 35.4 Å². The summed E-state index contributed by atoms with van der Waals surface area (Å²) in [4.78, 5) is 23.1. The minimum atomic E-state index is -0.728. The molecule has 0 aromatic heterocycles. The molecule has 2 amide bonds. The second-order valence-electron chi connectivity index (χ2n) is 5.13. The smallest absolute Gasteiger partial charge is 0.240 e. The maximum absolute atomic E-state index is 11.7. The van der Waals surface area contributed by atoms with Crippen LogP contribution < -0.4 is 11.1 Å². The Bertz CT molecular complexity index is 515. The second-order valence-corrected chi connectivity index (χ2v) is 5.13. The summed E-state index contributed by atoms with van der Waals surface area (Å²) < 4.78 is 0. The molecule has 5 heteroatoms. The Morgan fingerprint density at radius 2 is 1.90 bits per heavy atom. The van der Waals surface area contributed by atoms with Crippen LogP contribution in [-0.4, -0.2) is 17.9 Å². The lowest BCUT2D eigenvalue weighted by molar-refractivity contribution is -0.127. The Morgan fingerprint density at radius 1 is 1.30 bits per heavy atom. The maximum Gasteiger partial charge on any atom is 0.240 e. The molecule has 0 saturated carbocycles. The van der Waals surface area contributed by atoms with Gasteiger partial charge in [-0.05, 0) is 23.6 Å². The van der Waals surface area contributed by atoms with E-state index in [1.807, 2.05) is 19.9 Å². The minimum Gasteiger partial charge on any atom is -0.368 e. The Morgan fingerprint density at radius 3 is 2.35 bits per heavy atom. The number of primary amides is 1. The van der Waals surface area contributed by atoms with Gasteiger partial charge in [-0.3, -0.25) is 9.59 Å². The Kier molecular flexibility index (Phi) is 5.73. The summed E-state index contributed by atoms with van der Waals surface area (Å²) in [6.07, 6.45) is 0.683. The topological polar surface area (TPSA) is 96.0 Å². The van der Waals surface area contributed by atoms with Gasteiger partial charge in [-0.1, -0.05) is 26.0 Å². The summed E-state index contributed by atoms with van der Waals surface area (Å²) in [5, 5.41) is 11.4. The lowest BCUT2D eigenvalue weighted by Gasteiger charge is -2.16. The van der Waals surface area contributed by atoms with Gasteiger partial charge in [-0.15, -0.1) is 0 Å². The standard InChI is InChI=1S/C15H19N3O2/c1-10(2)7-14(19)18-13(15(17)20)8-11-3-5-12(9-16)6-4-11/h3-6,10,13H,7-8H2,1-2H3,(H2,17,20)(H,18,19)/t13-/m0/s1. The average molecular weight is 273 g/mol. The molecule has 0 unspecified atom stereocenters. The van der Waals surface area contributed by atoms with Crippen molar-refractivity contribution in [1.82, 2.24) is 5.32 Å². The largest absolute Gasteiger partial charge is 0.368 e. The number of benzene rings is 1. The lowest BCUT2D eigenvalue weighted by Crippen LogP contribution is -2.46. The second kappa shape index (κ2) is 7.29. The van der Waals surface area contributed by atoms with Crippen molar-refractivity contribution >= 4 is 11.8 Å². The van der Waals surface area contributed by atoms with Crippen LogP contribution in [0.25, 0.3) is 0 Å². The van der Waals surface area contributed by atoms with Gasteiger partial charge in [0.2, 0.25) is 11.8 Å². The van der Waals surface area contributed by atoms with Gasteiger partial charge in [0.25, 0.3) is 0 Å². The fourth-order valence-corrected chi connectivity index (χ4v) is 1.80. The number of amides is 2. The first-order valence-electron chi connectivity index (χ1n) is 6.50. The van der Waals surface area contributed by atoms with Gasteiger partial charge in [0.05, 0.1) is 11.6 Å². The van der Waals surface area contributed by atoms with Crippen LogP contribution in [0.1, 0.15) is 31.4 Å². The summed E-state index contributed by atoms with van der Waals surface area (Å²) in [5.74, 6) is -0.526. The Balaban J connectivity index is 2.69. The number of rotatable bonds is 6. The van der Waals surface area contributed by atoms with Crippen molar-refractivity contribution in [2.45, 2.75) is 32.7 Å². The van der Waals surface area contributed by atoms with E-state index in [2.05, 4.69) is 5.32 Å². The van der Waals surface area contributed by atoms with Crippen molar-refractivity contribution in [3.8, 4) is 6.07 Å².